The molecule has 0 saturated carbocycles. The smallest absolute Gasteiger partial charge is 0.246 e. The molecule has 0 aliphatic carbocycles. The van der Waals surface area contributed by atoms with Gasteiger partial charge in [-0.1, -0.05) is 54.1 Å². The molecule has 2 aromatic carbocycles. The molecule has 1 unspecified atom stereocenters. The monoisotopic (exact) mass is 405 g/mol. The lowest BCUT2D eigenvalue weighted by Gasteiger charge is -2.19. The first-order valence-corrected chi connectivity index (χ1v) is 9.63. The maximum atomic E-state index is 13.1. The Morgan fingerprint density at radius 2 is 1.86 bits per heavy atom. The van der Waals surface area contributed by atoms with Gasteiger partial charge in [-0.15, -0.1) is 10.2 Å². The molecular weight excluding hydrogens is 386 g/mol. The fourth-order valence-electron chi connectivity index (χ4n) is 3.10. The van der Waals surface area contributed by atoms with Crippen LogP contribution in [0.1, 0.15) is 23.0 Å². The molecule has 0 bridgehead atoms. The molecule has 1 amide bonds. The summed E-state index contributed by atoms with van der Waals surface area (Å²) in [5.74, 6) is 0.553. The van der Waals surface area contributed by atoms with Gasteiger partial charge in [0.15, 0.2) is 11.5 Å². The van der Waals surface area contributed by atoms with Crippen LogP contribution in [0.3, 0.4) is 0 Å². The first kappa shape index (κ1) is 19.1. The lowest BCUT2D eigenvalue weighted by Crippen LogP contribution is -2.33. The molecule has 7 heteroatoms. The summed E-state index contributed by atoms with van der Waals surface area (Å²) in [5.41, 5.74) is 3.23. The van der Waals surface area contributed by atoms with E-state index in [4.69, 9.17) is 11.6 Å². The highest BCUT2D eigenvalue weighted by atomic mass is 35.5. The lowest BCUT2D eigenvalue weighted by atomic mass is 10.1. The summed E-state index contributed by atoms with van der Waals surface area (Å²) in [6.45, 7) is 2.30. The molecule has 6 nitrogen and oxygen atoms in total. The molecule has 146 valence electrons. The van der Waals surface area contributed by atoms with Gasteiger partial charge < -0.3 is 5.32 Å². The lowest BCUT2D eigenvalue weighted by molar-refractivity contribution is -0.118. The summed E-state index contributed by atoms with van der Waals surface area (Å²) in [4.78, 5) is 13.1. The van der Waals surface area contributed by atoms with Crippen molar-refractivity contribution in [1.82, 2.24) is 19.9 Å². The van der Waals surface area contributed by atoms with Crippen molar-refractivity contribution in [3.05, 3.63) is 94.9 Å². The van der Waals surface area contributed by atoms with Crippen LogP contribution in [0.25, 0.3) is 5.65 Å². The van der Waals surface area contributed by atoms with Gasteiger partial charge in [0.2, 0.25) is 5.91 Å². The molecule has 4 aromatic rings. The molecule has 0 fully saturated rings. The first-order chi connectivity index (χ1) is 14.1. The molecule has 0 radical (unpaired) electrons. The van der Waals surface area contributed by atoms with Crippen molar-refractivity contribution < 1.29 is 4.79 Å². The van der Waals surface area contributed by atoms with Crippen LogP contribution in [0, 0.1) is 6.92 Å². The van der Waals surface area contributed by atoms with Crippen molar-refractivity contribution in [2.75, 3.05) is 5.32 Å². The van der Waals surface area contributed by atoms with Crippen LogP contribution in [0.15, 0.2) is 72.9 Å². The minimum Gasteiger partial charge on any atom is -0.324 e. The van der Waals surface area contributed by atoms with Crippen molar-refractivity contribution in [3.8, 4) is 0 Å². The zero-order valence-corrected chi connectivity index (χ0v) is 16.6. The van der Waals surface area contributed by atoms with Crippen LogP contribution < -0.4 is 10.6 Å². The molecule has 0 aliphatic heterocycles. The Labute approximate surface area is 173 Å². The van der Waals surface area contributed by atoms with Gasteiger partial charge in [0, 0.05) is 16.9 Å². The number of anilines is 1. The van der Waals surface area contributed by atoms with Gasteiger partial charge in [-0.2, -0.15) is 0 Å². The topological polar surface area (TPSA) is 71.3 Å². The number of pyridine rings is 1. The van der Waals surface area contributed by atoms with E-state index in [1.807, 2.05) is 78.2 Å². The van der Waals surface area contributed by atoms with Gasteiger partial charge >= 0.3 is 0 Å². The molecule has 29 heavy (non-hydrogen) atoms. The standard InChI is InChI=1S/C22H20ClN5O/c1-15-10-11-17(13-18(15)23)25-22(29)21(16-7-3-2-4-8-16)24-14-20-27-26-19-9-5-6-12-28(19)20/h2-13,21,24H,14H2,1H3,(H,25,29). The van der Waals surface area contributed by atoms with Gasteiger partial charge in [0.05, 0.1) is 6.54 Å². The van der Waals surface area contributed by atoms with Crippen LogP contribution >= 0.6 is 11.6 Å². The van der Waals surface area contributed by atoms with Crippen molar-refractivity contribution >= 4 is 28.8 Å². The van der Waals surface area contributed by atoms with E-state index in [-0.39, 0.29) is 5.91 Å². The Bertz CT molecular complexity index is 1140. The second kappa shape index (κ2) is 8.43. The van der Waals surface area contributed by atoms with Crippen LogP contribution in [0.2, 0.25) is 5.02 Å². The summed E-state index contributed by atoms with van der Waals surface area (Å²) >= 11 is 6.19. The molecule has 2 heterocycles. The molecule has 2 N–H and O–H groups in total. The minimum atomic E-state index is -0.563. The van der Waals surface area contributed by atoms with Crippen LogP contribution in [-0.2, 0) is 11.3 Å². The van der Waals surface area contributed by atoms with Crippen LogP contribution in [0.4, 0.5) is 5.69 Å². The zero-order chi connectivity index (χ0) is 20.2. The van der Waals surface area contributed by atoms with E-state index in [0.29, 0.717) is 17.3 Å². The van der Waals surface area contributed by atoms with E-state index in [9.17, 15) is 4.79 Å². The van der Waals surface area contributed by atoms with Crippen molar-refractivity contribution in [2.45, 2.75) is 19.5 Å². The predicted octanol–water partition coefficient (Wildman–Crippen LogP) is 4.16. The van der Waals surface area contributed by atoms with Crippen molar-refractivity contribution in [3.63, 3.8) is 0 Å². The molecular formula is C22H20ClN5O. The highest BCUT2D eigenvalue weighted by Crippen LogP contribution is 2.22. The Kier molecular flexibility index (Phi) is 5.55. The largest absolute Gasteiger partial charge is 0.324 e. The summed E-state index contributed by atoms with van der Waals surface area (Å²) < 4.78 is 1.90. The second-order valence-corrected chi connectivity index (χ2v) is 7.13. The molecule has 2 aromatic heterocycles. The number of nitrogens with zero attached hydrogens (tertiary/aromatic N) is 3. The number of benzene rings is 2. The van der Waals surface area contributed by atoms with Gasteiger partial charge in [0.25, 0.3) is 0 Å². The molecule has 0 spiro atoms. The van der Waals surface area contributed by atoms with Crippen LogP contribution in [0.5, 0.6) is 0 Å². The normalized spacial score (nSPS) is 12.1. The highest BCUT2D eigenvalue weighted by Gasteiger charge is 2.21. The molecule has 0 saturated heterocycles. The van der Waals surface area contributed by atoms with Gasteiger partial charge in [-0.05, 0) is 42.3 Å². The van der Waals surface area contributed by atoms with E-state index in [0.717, 1.165) is 22.6 Å². The number of aromatic nitrogens is 3. The maximum absolute atomic E-state index is 13.1. The van der Waals surface area contributed by atoms with E-state index in [1.165, 1.54) is 0 Å². The Hall–Kier alpha value is -3.22. The fraction of sp³-hybridized carbons (Fsp3) is 0.136. The highest BCUT2D eigenvalue weighted by molar-refractivity contribution is 6.31. The number of nitrogens with one attached hydrogen (secondary N) is 2. The fourth-order valence-corrected chi connectivity index (χ4v) is 3.28. The number of halogens is 1. The van der Waals surface area contributed by atoms with Crippen molar-refractivity contribution in [2.24, 2.45) is 0 Å². The summed E-state index contributed by atoms with van der Waals surface area (Å²) in [7, 11) is 0. The quantitative estimate of drug-likeness (QED) is 0.505. The first-order valence-electron chi connectivity index (χ1n) is 9.26. The molecule has 0 aliphatic rings. The number of aryl methyl sites for hydroxylation is 1. The third-order valence-corrected chi connectivity index (χ3v) is 5.09. The maximum Gasteiger partial charge on any atom is 0.246 e. The third-order valence-electron chi connectivity index (χ3n) is 4.68. The Morgan fingerprint density at radius 3 is 2.66 bits per heavy atom. The second-order valence-electron chi connectivity index (χ2n) is 6.72. The Balaban J connectivity index is 1.56. The number of amides is 1. The number of rotatable bonds is 6. The van der Waals surface area contributed by atoms with Crippen LogP contribution in [-0.4, -0.2) is 20.5 Å². The number of hydrogen-bond acceptors (Lipinski definition) is 4. The third kappa shape index (κ3) is 4.29. The average Bonchev–Trinajstić information content (AvgIpc) is 3.15. The Morgan fingerprint density at radius 1 is 1.07 bits per heavy atom. The van der Waals surface area contributed by atoms with E-state index < -0.39 is 6.04 Å². The van der Waals surface area contributed by atoms with Gasteiger partial charge in [0.1, 0.15) is 6.04 Å². The minimum absolute atomic E-state index is 0.176. The number of carbonyl (C=O) groups is 1. The number of hydrogen-bond donors (Lipinski definition) is 2. The zero-order valence-electron chi connectivity index (χ0n) is 15.8. The van der Waals surface area contributed by atoms with Gasteiger partial charge in [-0.3, -0.25) is 14.5 Å². The van der Waals surface area contributed by atoms with E-state index >= 15 is 0 Å². The summed E-state index contributed by atoms with van der Waals surface area (Å²) in [6.07, 6.45) is 1.90. The summed E-state index contributed by atoms with van der Waals surface area (Å²) in [6, 6.07) is 20.2. The number of fused-ring (bicyclic) bond motifs is 1. The summed E-state index contributed by atoms with van der Waals surface area (Å²) in [5, 5.41) is 15.3. The SMILES string of the molecule is Cc1ccc(NC(=O)C(NCc2nnc3ccccn23)c2ccccc2)cc1Cl. The van der Waals surface area contributed by atoms with Crippen molar-refractivity contribution in [1.29, 1.82) is 0 Å². The van der Waals surface area contributed by atoms with E-state index in [1.54, 1.807) is 6.07 Å². The van der Waals surface area contributed by atoms with E-state index in [2.05, 4.69) is 20.8 Å². The van der Waals surface area contributed by atoms with Gasteiger partial charge in [-0.25, -0.2) is 0 Å². The average molecular weight is 406 g/mol. The molecule has 1 atom stereocenters. The molecule has 4 rings (SSSR count). The number of carbonyl (C=O) groups excluding carboxylic acids is 1. The predicted molar refractivity (Wildman–Crippen MR) is 114 cm³/mol.